The van der Waals surface area contributed by atoms with E-state index in [2.05, 4.69) is 114 Å². The average molecular weight is 624 g/mol. The maximum Gasteiger partial charge on any atom is 0.213 e. The maximum atomic E-state index is 14.1. The molecule has 8 aromatic rings. The van der Waals surface area contributed by atoms with Gasteiger partial charge >= 0.3 is 0 Å². The fourth-order valence-electron chi connectivity index (χ4n) is 7.52. The molecule has 2 aliphatic rings. The monoisotopic (exact) mass is 623 g/mol. The van der Waals surface area contributed by atoms with Crippen LogP contribution >= 0.6 is 0 Å². The van der Waals surface area contributed by atoms with Crippen molar-refractivity contribution in [3.63, 3.8) is 0 Å². The van der Waals surface area contributed by atoms with Crippen LogP contribution in [0.15, 0.2) is 161 Å². The summed E-state index contributed by atoms with van der Waals surface area (Å²) < 4.78 is 36.7. The smallest absolute Gasteiger partial charge is 0.213 e. The highest BCUT2D eigenvalue weighted by Crippen LogP contribution is 2.52. The Labute approximate surface area is 271 Å². The third-order valence-corrected chi connectivity index (χ3v) is 11.4. The Bertz CT molecular complexity index is 2690. The number of nitrogens with zero attached hydrogens (tertiary/aromatic N) is 1. The molecule has 1 aliphatic heterocycles. The molecule has 10 rings (SSSR count). The van der Waals surface area contributed by atoms with Gasteiger partial charge in [0.1, 0.15) is 21.3 Å². The lowest BCUT2D eigenvalue weighted by atomic mass is 9.80. The molecule has 0 spiro atoms. The van der Waals surface area contributed by atoms with Gasteiger partial charge in [-0.05, 0) is 93.0 Å². The number of fused-ring (bicyclic) bond motifs is 13. The summed E-state index contributed by atoms with van der Waals surface area (Å²) in [5, 5.41) is 2.40. The number of benzene rings is 7. The summed E-state index contributed by atoms with van der Waals surface area (Å²) in [4.78, 5) is 0.365. The normalized spacial score (nSPS) is 13.6. The number of aromatic nitrogens is 1. The average Bonchev–Trinajstić information content (AvgIpc) is 3.45. The largest absolute Gasteiger partial charge is 0.455 e. The van der Waals surface area contributed by atoms with E-state index in [1.165, 1.54) is 10.8 Å². The maximum absolute atomic E-state index is 14.1. The Kier molecular flexibility index (Phi) is 5.35. The van der Waals surface area contributed by atoms with Crippen molar-refractivity contribution in [2.45, 2.75) is 9.79 Å². The molecule has 0 radical (unpaired) electrons. The topological polar surface area (TPSA) is 48.3 Å². The van der Waals surface area contributed by atoms with Crippen LogP contribution in [0.2, 0.25) is 0 Å². The second-order valence-electron chi connectivity index (χ2n) is 12.1. The lowest BCUT2D eigenvalue weighted by Gasteiger charge is -2.27. The first-order valence-corrected chi connectivity index (χ1v) is 17.1. The molecular formula is C42H25NO3S. The van der Waals surface area contributed by atoms with Crippen LogP contribution in [0.3, 0.4) is 0 Å². The Morgan fingerprint density at radius 1 is 0.404 bits per heavy atom. The molecule has 0 amide bonds. The molecule has 5 heteroatoms. The van der Waals surface area contributed by atoms with Crippen molar-refractivity contribution < 1.29 is 13.2 Å². The van der Waals surface area contributed by atoms with Crippen LogP contribution in [0.4, 0.5) is 0 Å². The molecule has 0 bridgehead atoms. The van der Waals surface area contributed by atoms with Crippen LogP contribution in [0.25, 0.3) is 72.0 Å². The van der Waals surface area contributed by atoms with Crippen LogP contribution in [-0.4, -0.2) is 13.0 Å². The third kappa shape index (κ3) is 3.66. The molecule has 1 aromatic heterocycles. The number of para-hydroxylation sites is 3. The van der Waals surface area contributed by atoms with E-state index in [1.807, 2.05) is 18.2 Å². The van der Waals surface area contributed by atoms with Gasteiger partial charge in [-0.1, -0.05) is 103 Å². The van der Waals surface area contributed by atoms with Crippen LogP contribution in [0.1, 0.15) is 0 Å². The highest BCUT2D eigenvalue weighted by atomic mass is 32.2. The molecule has 0 saturated carbocycles. The van der Waals surface area contributed by atoms with Gasteiger partial charge in [0.25, 0.3) is 0 Å². The zero-order chi connectivity index (χ0) is 31.3. The number of hydrogen-bond acceptors (Lipinski definition) is 3. The van der Waals surface area contributed by atoms with Crippen molar-refractivity contribution >= 4 is 31.6 Å². The first-order chi connectivity index (χ1) is 23.1. The summed E-state index contributed by atoms with van der Waals surface area (Å²) in [5.74, 6) is 0.690. The Morgan fingerprint density at radius 2 is 0.894 bits per heavy atom. The number of ether oxygens (including phenoxy) is 1. The molecule has 0 atom stereocenters. The van der Waals surface area contributed by atoms with E-state index < -0.39 is 9.84 Å². The SMILES string of the molecule is O=S1(=O)c2ccccc2Oc2cc3c(cc21)-c1ccc(-n2c4ccccc4c4ccccc42)cc1-c1ccccc1-c1ccccc1-3. The quantitative estimate of drug-likeness (QED) is 0.183. The van der Waals surface area contributed by atoms with Crippen molar-refractivity contribution in [1.29, 1.82) is 0 Å². The van der Waals surface area contributed by atoms with Gasteiger partial charge in [0.2, 0.25) is 9.84 Å². The molecule has 0 N–H and O–H groups in total. The molecule has 222 valence electrons. The van der Waals surface area contributed by atoms with E-state index in [0.29, 0.717) is 11.5 Å². The molecule has 0 saturated heterocycles. The minimum Gasteiger partial charge on any atom is -0.455 e. The highest BCUT2D eigenvalue weighted by Gasteiger charge is 2.34. The summed E-state index contributed by atoms with van der Waals surface area (Å²) in [7, 11) is -3.82. The van der Waals surface area contributed by atoms with Gasteiger partial charge in [0.15, 0.2) is 0 Å². The molecule has 7 aromatic carbocycles. The summed E-state index contributed by atoms with van der Waals surface area (Å²) >= 11 is 0. The van der Waals surface area contributed by atoms with Gasteiger partial charge in [-0.2, -0.15) is 0 Å². The Hall–Kier alpha value is -5.91. The van der Waals surface area contributed by atoms with Crippen molar-refractivity contribution in [3.05, 3.63) is 152 Å². The predicted octanol–water partition coefficient (Wildman–Crippen LogP) is 10.7. The summed E-state index contributed by atoms with van der Waals surface area (Å²) in [6.07, 6.45) is 0. The van der Waals surface area contributed by atoms with Crippen molar-refractivity contribution in [3.8, 4) is 61.7 Å². The van der Waals surface area contributed by atoms with E-state index >= 15 is 0 Å². The third-order valence-electron chi connectivity index (χ3n) is 9.59. The van der Waals surface area contributed by atoms with Crippen molar-refractivity contribution in [2.75, 3.05) is 0 Å². The van der Waals surface area contributed by atoms with E-state index in [0.717, 1.165) is 61.2 Å². The predicted molar refractivity (Wildman–Crippen MR) is 188 cm³/mol. The van der Waals surface area contributed by atoms with E-state index in [9.17, 15) is 8.42 Å². The molecule has 0 unspecified atom stereocenters. The van der Waals surface area contributed by atoms with Crippen LogP contribution in [0, 0.1) is 0 Å². The van der Waals surface area contributed by atoms with E-state index in [1.54, 1.807) is 24.3 Å². The summed E-state index contributed by atoms with van der Waals surface area (Å²) in [6, 6.07) is 51.0. The fourth-order valence-corrected chi connectivity index (χ4v) is 9.03. The zero-order valence-electron chi connectivity index (χ0n) is 25.0. The molecule has 1 aliphatic carbocycles. The van der Waals surface area contributed by atoms with Gasteiger partial charge in [-0.3, -0.25) is 0 Å². The lowest BCUT2D eigenvalue weighted by molar-refractivity contribution is 0.443. The van der Waals surface area contributed by atoms with Crippen LogP contribution in [0.5, 0.6) is 11.5 Å². The standard InChI is InChI=1S/C42H25NO3S/c44-47(45)41-20-10-9-19-39(41)46-40-24-35-30-14-4-2-12-28(30)27-11-1-3-13-29(27)34-23-26(21-22-31(34)36(35)25-42(40)47)43-37-17-7-5-15-32(37)33-16-6-8-18-38(33)43/h1-25H. The van der Waals surface area contributed by atoms with Gasteiger partial charge < -0.3 is 9.30 Å². The van der Waals surface area contributed by atoms with Gasteiger partial charge in [-0.25, -0.2) is 8.42 Å². The van der Waals surface area contributed by atoms with Crippen LogP contribution in [-0.2, 0) is 9.84 Å². The summed E-state index contributed by atoms with van der Waals surface area (Å²) in [5.41, 5.74) is 11.4. The minimum atomic E-state index is -3.82. The van der Waals surface area contributed by atoms with E-state index in [-0.39, 0.29) is 9.79 Å². The number of sulfone groups is 1. The van der Waals surface area contributed by atoms with Crippen molar-refractivity contribution in [1.82, 2.24) is 4.57 Å². The van der Waals surface area contributed by atoms with Gasteiger partial charge in [-0.15, -0.1) is 0 Å². The molecule has 2 heterocycles. The first kappa shape index (κ1) is 26.3. The second kappa shape index (κ2) is 9.55. The Morgan fingerprint density at radius 3 is 1.55 bits per heavy atom. The van der Waals surface area contributed by atoms with Gasteiger partial charge in [0.05, 0.1) is 11.0 Å². The highest BCUT2D eigenvalue weighted by molar-refractivity contribution is 7.91. The second-order valence-corrected chi connectivity index (χ2v) is 14.0. The fraction of sp³-hybridized carbons (Fsp3) is 0. The molecule has 4 nitrogen and oxygen atoms in total. The van der Waals surface area contributed by atoms with Crippen molar-refractivity contribution in [2.24, 2.45) is 0 Å². The number of hydrogen-bond donors (Lipinski definition) is 0. The van der Waals surface area contributed by atoms with E-state index in [4.69, 9.17) is 4.74 Å². The lowest BCUT2D eigenvalue weighted by Crippen LogP contribution is -2.12. The minimum absolute atomic E-state index is 0.179. The first-order valence-electron chi connectivity index (χ1n) is 15.6. The number of rotatable bonds is 1. The van der Waals surface area contributed by atoms with Gasteiger partial charge in [0, 0.05) is 16.5 Å². The zero-order valence-corrected chi connectivity index (χ0v) is 25.8. The van der Waals surface area contributed by atoms with Crippen LogP contribution < -0.4 is 4.74 Å². The Balaban J connectivity index is 1.31. The summed E-state index contributed by atoms with van der Waals surface area (Å²) in [6.45, 7) is 0. The molecule has 47 heavy (non-hydrogen) atoms. The molecular weight excluding hydrogens is 599 g/mol. The molecule has 0 fully saturated rings.